The molecule has 0 atom stereocenters. The summed E-state index contributed by atoms with van der Waals surface area (Å²) in [5.74, 6) is 1.20. The van der Waals surface area contributed by atoms with Crippen molar-refractivity contribution in [2.45, 2.75) is 36.3 Å². The summed E-state index contributed by atoms with van der Waals surface area (Å²) in [7, 11) is -3.29. The van der Waals surface area contributed by atoms with E-state index in [2.05, 4.69) is 9.97 Å². The highest BCUT2D eigenvalue weighted by atomic mass is 32.2. The number of hydrogen-bond donors (Lipinski definition) is 1. The van der Waals surface area contributed by atoms with Crippen LogP contribution in [-0.4, -0.2) is 47.5 Å². The number of fused-ring (bicyclic) bond motifs is 1. The fourth-order valence-electron chi connectivity index (χ4n) is 3.38. The molecule has 146 valence electrons. The Kier molecular flexibility index (Phi) is 4.71. The van der Waals surface area contributed by atoms with Gasteiger partial charge in [-0.15, -0.1) is 0 Å². The number of imidazole rings is 1. The lowest BCUT2D eigenvalue weighted by atomic mass is 9.98. The summed E-state index contributed by atoms with van der Waals surface area (Å²) in [6.07, 6.45) is 0.273. The van der Waals surface area contributed by atoms with Crippen LogP contribution in [0.5, 0.6) is 0 Å². The molecule has 6 nitrogen and oxygen atoms in total. The van der Waals surface area contributed by atoms with Gasteiger partial charge in [0.05, 0.1) is 33.5 Å². The first-order valence-electron chi connectivity index (χ1n) is 9.40. The molecular formula is C21H23N3O3S. The number of benzene rings is 2. The minimum atomic E-state index is -3.29. The first-order chi connectivity index (χ1) is 13.3. The first-order valence-corrected chi connectivity index (χ1v) is 10.9. The number of sulfone groups is 1. The Bertz CT molecular complexity index is 1080. The summed E-state index contributed by atoms with van der Waals surface area (Å²) in [6, 6.07) is 14.5. The fraction of sp³-hybridized carbons (Fsp3) is 0.333. The van der Waals surface area contributed by atoms with E-state index >= 15 is 0 Å². The monoisotopic (exact) mass is 397 g/mol. The van der Waals surface area contributed by atoms with E-state index in [9.17, 15) is 13.2 Å². The molecule has 1 aliphatic heterocycles. The van der Waals surface area contributed by atoms with E-state index in [0.717, 1.165) is 22.4 Å². The Morgan fingerprint density at radius 2 is 1.82 bits per heavy atom. The molecule has 0 bridgehead atoms. The topological polar surface area (TPSA) is 83.1 Å². The summed E-state index contributed by atoms with van der Waals surface area (Å²) >= 11 is 0. The highest BCUT2D eigenvalue weighted by Crippen LogP contribution is 2.27. The molecule has 3 aromatic rings. The number of carbonyl (C=O) groups excluding carboxylic acids is 1. The second-order valence-corrected chi connectivity index (χ2v) is 10.1. The zero-order chi connectivity index (χ0) is 19.9. The smallest absolute Gasteiger partial charge is 0.227 e. The van der Waals surface area contributed by atoms with Gasteiger partial charge in [0.25, 0.3) is 0 Å². The van der Waals surface area contributed by atoms with Crippen LogP contribution in [0.4, 0.5) is 0 Å². The normalized spacial score (nSPS) is 15.2. The number of rotatable bonds is 5. The van der Waals surface area contributed by atoms with Crippen molar-refractivity contribution in [1.82, 2.24) is 14.9 Å². The quantitative estimate of drug-likeness (QED) is 0.718. The molecule has 0 radical (unpaired) electrons. The zero-order valence-corrected chi connectivity index (χ0v) is 16.7. The van der Waals surface area contributed by atoms with E-state index in [1.807, 2.05) is 29.2 Å². The molecular weight excluding hydrogens is 374 g/mol. The number of aromatic amines is 1. The number of hydrogen-bond acceptors (Lipinski definition) is 4. The maximum Gasteiger partial charge on any atom is 0.227 e. The molecule has 2 aromatic carbocycles. The number of carbonyl (C=O) groups is 1. The van der Waals surface area contributed by atoms with E-state index in [4.69, 9.17) is 0 Å². The van der Waals surface area contributed by atoms with Gasteiger partial charge in [-0.1, -0.05) is 24.3 Å². The van der Waals surface area contributed by atoms with Crippen molar-refractivity contribution in [3.05, 3.63) is 59.9 Å². The van der Waals surface area contributed by atoms with E-state index in [0.29, 0.717) is 18.0 Å². The number of amides is 1. The third kappa shape index (κ3) is 3.42. The molecule has 0 aliphatic carbocycles. The van der Waals surface area contributed by atoms with Crippen molar-refractivity contribution >= 4 is 26.8 Å². The number of H-pyrrole nitrogens is 1. The van der Waals surface area contributed by atoms with Crippen molar-refractivity contribution < 1.29 is 13.2 Å². The minimum Gasteiger partial charge on any atom is -0.342 e. The number of nitrogens with zero attached hydrogens (tertiary/aromatic N) is 2. The Morgan fingerprint density at radius 3 is 2.46 bits per heavy atom. The molecule has 0 unspecified atom stereocenters. The van der Waals surface area contributed by atoms with Gasteiger partial charge in [0.1, 0.15) is 5.82 Å². The predicted octanol–water partition coefficient (Wildman–Crippen LogP) is 2.91. The summed E-state index contributed by atoms with van der Waals surface area (Å²) in [5.41, 5.74) is 2.78. The van der Waals surface area contributed by atoms with Gasteiger partial charge in [-0.3, -0.25) is 4.79 Å². The van der Waals surface area contributed by atoms with Gasteiger partial charge >= 0.3 is 0 Å². The number of aromatic nitrogens is 2. The van der Waals surface area contributed by atoms with Crippen LogP contribution in [0.2, 0.25) is 0 Å². The van der Waals surface area contributed by atoms with Gasteiger partial charge in [0.15, 0.2) is 9.84 Å². The van der Waals surface area contributed by atoms with Crippen molar-refractivity contribution in [1.29, 1.82) is 0 Å². The molecule has 7 heteroatoms. The van der Waals surface area contributed by atoms with Crippen LogP contribution in [0.3, 0.4) is 0 Å². The van der Waals surface area contributed by atoms with Crippen LogP contribution >= 0.6 is 0 Å². The van der Waals surface area contributed by atoms with E-state index in [1.165, 1.54) is 0 Å². The maximum atomic E-state index is 12.5. The summed E-state index contributed by atoms with van der Waals surface area (Å²) < 4.78 is 24.4. The second-order valence-electron chi connectivity index (χ2n) is 7.55. The highest BCUT2D eigenvalue weighted by molar-refractivity contribution is 7.92. The maximum absolute atomic E-state index is 12.5. The molecule has 1 aromatic heterocycles. The van der Waals surface area contributed by atoms with Crippen molar-refractivity contribution in [3.8, 4) is 0 Å². The predicted molar refractivity (Wildman–Crippen MR) is 108 cm³/mol. The zero-order valence-electron chi connectivity index (χ0n) is 15.9. The van der Waals surface area contributed by atoms with E-state index < -0.39 is 15.1 Å². The number of para-hydroxylation sites is 2. The van der Waals surface area contributed by atoms with Crippen LogP contribution in [-0.2, 0) is 21.1 Å². The Hall–Kier alpha value is -2.67. The van der Waals surface area contributed by atoms with Crippen molar-refractivity contribution in [2.75, 3.05) is 13.1 Å². The second kappa shape index (κ2) is 7.05. The molecule has 1 fully saturated rings. The highest BCUT2D eigenvalue weighted by Gasteiger charge is 2.33. The lowest BCUT2D eigenvalue weighted by Gasteiger charge is -2.38. The molecule has 1 amide bonds. The Balaban J connectivity index is 1.36. The Morgan fingerprint density at radius 1 is 1.14 bits per heavy atom. The first kappa shape index (κ1) is 18.7. The number of likely N-dealkylation sites (tertiary alicyclic amines) is 1. The molecule has 2 heterocycles. The lowest BCUT2D eigenvalue weighted by molar-refractivity contribution is -0.134. The van der Waals surface area contributed by atoms with Gasteiger partial charge in [-0.25, -0.2) is 13.4 Å². The van der Waals surface area contributed by atoms with Crippen LogP contribution in [0, 0.1) is 0 Å². The molecule has 0 saturated carbocycles. The third-order valence-corrected chi connectivity index (χ3v) is 7.43. The molecule has 1 saturated heterocycles. The summed E-state index contributed by atoms with van der Waals surface area (Å²) in [6.45, 7) is 4.63. The minimum absolute atomic E-state index is 0.0480. The summed E-state index contributed by atoms with van der Waals surface area (Å²) in [4.78, 5) is 22.6. The van der Waals surface area contributed by atoms with Gasteiger partial charge in [-0.05, 0) is 43.7 Å². The van der Waals surface area contributed by atoms with Gasteiger partial charge in [0, 0.05) is 13.1 Å². The Labute approximate surface area is 164 Å². The van der Waals surface area contributed by atoms with Crippen LogP contribution in [0.15, 0.2) is 53.4 Å². The van der Waals surface area contributed by atoms with Crippen molar-refractivity contribution in [3.63, 3.8) is 0 Å². The standard InChI is InChI=1S/C21H23N3O3S/c1-14(2)28(26,27)17-9-7-15(8-10-17)11-20(25)24-12-16(13-24)21-22-18-5-3-4-6-19(18)23-21/h3-10,14,16H,11-13H2,1-2H3,(H,22,23). The SMILES string of the molecule is CC(C)S(=O)(=O)c1ccc(CC(=O)N2CC(c3nc4ccccc4[nH]3)C2)cc1. The van der Waals surface area contributed by atoms with Crippen molar-refractivity contribution in [2.24, 2.45) is 0 Å². The molecule has 1 aliphatic rings. The lowest BCUT2D eigenvalue weighted by Crippen LogP contribution is -2.49. The average molecular weight is 398 g/mol. The van der Waals surface area contributed by atoms with Crippen LogP contribution in [0.25, 0.3) is 11.0 Å². The average Bonchev–Trinajstić information content (AvgIpc) is 3.04. The molecule has 1 N–H and O–H groups in total. The van der Waals surface area contributed by atoms with Crippen LogP contribution in [0.1, 0.15) is 31.2 Å². The van der Waals surface area contributed by atoms with E-state index in [-0.39, 0.29) is 18.2 Å². The van der Waals surface area contributed by atoms with Crippen LogP contribution < -0.4 is 0 Å². The van der Waals surface area contributed by atoms with Gasteiger partial charge < -0.3 is 9.88 Å². The van der Waals surface area contributed by atoms with Gasteiger partial charge in [-0.2, -0.15) is 0 Å². The molecule has 28 heavy (non-hydrogen) atoms. The third-order valence-electron chi connectivity index (χ3n) is 5.26. The molecule has 0 spiro atoms. The largest absolute Gasteiger partial charge is 0.342 e. The fourth-order valence-corrected chi connectivity index (χ4v) is 4.44. The van der Waals surface area contributed by atoms with E-state index in [1.54, 1.807) is 38.1 Å². The number of nitrogens with one attached hydrogen (secondary N) is 1. The molecule has 4 rings (SSSR count). The van der Waals surface area contributed by atoms with Gasteiger partial charge in [0.2, 0.25) is 5.91 Å². The summed E-state index contributed by atoms with van der Waals surface area (Å²) in [5, 5.41) is -0.462.